The van der Waals surface area contributed by atoms with Crippen molar-refractivity contribution in [1.29, 1.82) is 0 Å². The van der Waals surface area contributed by atoms with Crippen molar-refractivity contribution >= 4 is 16.5 Å². The molecule has 3 heterocycles. The Kier molecular flexibility index (Phi) is 0.913. The minimum Gasteiger partial charge on any atom is -0.355 e. The van der Waals surface area contributed by atoms with E-state index in [0.717, 1.165) is 16.5 Å². The molecular formula is C9H6N2O. The molecule has 3 nitrogen and oxygen atoms in total. The summed E-state index contributed by atoms with van der Waals surface area (Å²) in [7, 11) is 0. The predicted octanol–water partition coefficient (Wildman–Crippen LogP) is 2.08. The second-order valence-electron chi connectivity index (χ2n) is 2.76. The summed E-state index contributed by atoms with van der Waals surface area (Å²) >= 11 is 0. The maximum atomic E-state index is 5.02. The van der Waals surface area contributed by atoms with Crippen LogP contribution in [0.5, 0.6) is 0 Å². The summed E-state index contributed by atoms with van der Waals surface area (Å²) in [4.78, 5) is 0. The molecule has 0 unspecified atom stereocenters. The van der Waals surface area contributed by atoms with E-state index in [-0.39, 0.29) is 0 Å². The van der Waals surface area contributed by atoms with Crippen molar-refractivity contribution in [2.75, 3.05) is 0 Å². The van der Waals surface area contributed by atoms with Gasteiger partial charge in [-0.1, -0.05) is 5.16 Å². The standard InChI is InChI=1S/C9H6N2O/c1-2-8-4-7-5-10-12-9(7)6-11(8)3-1/h1-6H. The molecule has 3 heteroatoms. The van der Waals surface area contributed by atoms with Crippen molar-refractivity contribution in [1.82, 2.24) is 9.56 Å². The number of hydrogen-bond acceptors (Lipinski definition) is 2. The van der Waals surface area contributed by atoms with Gasteiger partial charge in [-0.15, -0.1) is 0 Å². The number of pyridine rings is 1. The Morgan fingerprint density at radius 1 is 1.42 bits per heavy atom. The van der Waals surface area contributed by atoms with E-state index in [4.69, 9.17) is 4.52 Å². The van der Waals surface area contributed by atoms with E-state index in [9.17, 15) is 0 Å². The highest BCUT2D eigenvalue weighted by molar-refractivity contribution is 5.80. The van der Waals surface area contributed by atoms with E-state index < -0.39 is 0 Å². The first-order chi connectivity index (χ1) is 5.93. The molecule has 0 aliphatic carbocycles. The molecule has 0 bridgehead atoms. The third kappa shape index (κ3) is 0.625. The van der Waals surface area contributed by atoms with Crippen LogP contribution in [0.2, 0.25) is 0 Å². The summed E-state index contributed by atoms with van der Waals surface area (Å²) in [5.74, 6) is 0. The molecule has 3 aromatic heterocycles. The molecule has 12 heavy (non-hydrogen) atoms. The molecule has 0 atom stereocenters. The molecule has 0 aromatic carbocycles. The molecular weight excluding hydrogens is 152 g/mol. The average molecular weight is 158 g/mol. The zero-order valence-electron chi connectivity index (χ0n) is 6.27. The van der Waals surface area contributed by atoms with E-state index in [1.807, 2.05) is 35.0 Å². The van der Waals surface area contributed by atoms with Crippen LogP contribution in [0.3, 0.4) is 0 Å². The highest BCUT2D eigenvalue weighted by Gasteiger charge is 1.99. The normalized spacial score (nSPS) is 11.3. The van der Waals surface area contributed by atoms with Gasteiger partial charge in [-0.3, -0.25) is 0 Å². The first-order valence-electron chi connectivity index (χ1n) is 3.74. The smallest absolute Gasteiger partial charge is 0.183 e. The Morgan fingerprint density at radius 3 is 3.42 bits per heavy atom. The van der Waals surface area contributed by atoms with Gasteiger partial charge in [-0.05, 0) is 18.2 Å². The molecule has 0 amide bonds. The second-order valence-corrected chi connectivity index (χ2v) is 2.76. The fraction of sp³-hybridized carbons (Fsp3) is 0. The Morgan fingerprint density at radius 2 is 2.42 bits per heavy atom. The predicted molar refractivity (Wildman–Crippen MR) is 45.0 cm³/mol. The average Bonchev–Trinajstić information content (AvgIpc) is 2.64. The van der Waals surface area contributed by atoms with Crippen molar-refractivity contribution < 1.29 is 4.52 Å². The van der Waals surface area contributed by atoms with Gasteiger partial charge in [0.15, 0.2) is 5.58 Å². The van der Waals surface area contributed by atoms with Crippen LogP contribution in [-0.2, 0) is 0 Å². The van der Waals surface area contributed by atoms with Gasteiger partial charge in [0.2, 0.25) is 0 Å². The molecule has 3 aromatic rings. The van der Waals surface area contributed by atoms with E-state index in [0.29, 0.717) is 0 Å². The third-order valence-corrected chi connectivity index (χ3v) is 2.00. The highest BCUT2D eigenvalue weighted by atomic mass is 16.5. The number of aromatic nitrogens is 2. The summed E-state index contributed by atoms with van der Waals surface area (Å²) in [6.45, 7) is 0. The van der Waals surface area contributed by atoms with Crippen molar-refractivity contribution in [3.05, 3.63) is 36.8 Å². The van der Waals surface area contributed by atoms with Crippen LogP contribution in [0, 0.1) is 0 Å². The van der Waals surface area contributed by atoms with Gasteiger partial charge in [0.05, 0.1) is 12.4 Å². The Balaban J connectivity index is 2.62. The summed E-state index contributed by atoms with van der Waals surface area (Å²) in [6.07, 6.45) is 5.64. The lowest BCUT2D eigenvalue weighted by atomic mass is 10.3. The maximum Gasteiger partial charge on any atom is 0.183 e. The maximum absolute atomic E-state index is 5.02. The molecule has 0 saturated carbocycles. The third-order valence-electron chi connectivity index (χ3n) is 2.00. The quantitative estimate of drug-likeness (QED) is 0.501. The lowest BCUT2D eigenvalue weighted by Gasteiger charge is -1.91. The SMILES string of the molecule is c1cc2cc3cnoc3cn2c1. The summed E-state index contributed by atoms with van der Waals surface area (Å²) in [5.41, 5.74) is 1.98. The summed E-state index contributed by atoms with van der Waals surface area (Å²) in [6, 6.07) is 6.10. The molecule has 0 radical (unpaired) electrons. The second kappa shape index (κ2) is 1.88. The van der Waals surface area contributed by atoms with Gasteiger partial charge in [-0.2, -0.15) is 0 Å². The van der Waals surface area contributed by atoms with Gasteiger partial charge in [0.25, 0.3) is 0 Å². The molecule has 0 fully saturated rings. The van der Waals surface area contributed by atoms with Gasteiger partial charge in [-0.25, -0.2) is 0 Å². The minimum atomic E-state index is 0.818. The molecule has 0 saturated heterocycles. The van der Waals surface area contributed by atoms with Crippen molar-refractivity contribution in [3.8, 4) is 0 Å². The Bertz CT molecular complexity index is 444. The molecule has 0 N–H and O–H groups in total. The van der Waals surface area contributed by atoms with Crippen LogP contribution in [0.4, 0.5) is 0 Å². The van der Waals surface area contributed by atoms with E-state index in [2.05, 4.69) is 5.16 Å². The van der Waals surface area contributed by atoms with Crippen LogP contribution < -0.4 is 0 Å². The molecule has 0 aliphatic heterocycles. The number of fused-ring (bicyclic) bond motifs is 2. The Hall–Kier alpha value is -1.77. The lowest BCUT2D eigenvalue weighted by Crippen LogP contribution is -1.78. The Labute approximate surface area is 68.2 Å². The first kappa shape index (κ1) is 5.83. The zero-order chi connectivity index (χ0) is 7.97. The largest absolute Gasteiger partial charge is 0.355 e. The van der Waals surface area contributed by atoms with Crippen LogP contribution in [0.1, 0.15) is 0 Å². The number of rotatable bonds is 0. The van der Waals surface area contributed by atoms with E-state index in [1.165, 1.54) is 0 Å². The van der Waals surface area contributed by atoms with E-state index in [1.54, 1.807) is 6.20 Å². The highest BCUT2D eigenvalue weighted by Crippen LogP contribution is 2.16. The molecule has 0 spiro atoms. The van der Waals surface area contributed by atoms with Crippen LogP contribution in [0.15, 0.2) is 41.3 Å². The van der Waals surface area contributed by atoms with Crippen LogP contribution in [0.25, 0.3) is 16.5 Å². The number of hydrogen-bond donors (Lipinski definition) is 0. The topological polar surface area (TPSA) is 30.4 Å². The molecule has 3 rings (SSSR count). The van der Waals surface area contributed by atoms with Gasteiger partial charge >= 0.3 is 0 Å². The minimum absolute atomic E-state index is 0.818. The summed E-state index contributed by atoms with van der Waals surface area (Å²) < 4.78 is 7.03. The van der Waals surface area contributed by atoms with Crippen LogP contribution >= 0.6 is 0 Å². The fourth-order valence-corrected chi connectivity index (χ4v) is 1.40. The number of nitrogens with zero attached hydrogens (tertiary/aromatic N) is 2. The zero-order valence-corrected chi connectivity index (χ0v) is 6.27. The van der Waals surface area contributed by atoms with Crippen molar-refractivity contribution in [2.45, 2.75) is 0 Å². The van der Waals surface area contributed by atoms with Gasteiger partial charge < -0.3 is 8.92 Å². The fourth-order valence-electron chi connectivity index (χ4n) is 1.40. The van der Waals surface area contributed by atoms with Crippen LogP contribution in [-0.4, -0.2) is 9.56 Å². The monoisotopic (exact) mass is 158 g/mol. The summed E-state index contributed by atoms with van der Waals surface area (Å²) in [5, 5.41) is 4.76. The van der Waals surface area contributed by atoms with Crippen molar-refractivity contribution in [2.24, 2.45) is 0 Å². The van der Waals surface area contributed by atoms with E-state index >= 15 is 0 Å². The van der Waals surface area contributed by atoms with Gasteiger partial charge in [0, 0.05) is 17.1 Å². The molecule has 0 aliphatic rings. The van der Waals surface area contributed by atoms with Gasteiger partial charge in [0.1, 0.15) is 0 Å². The van der Waals surface area contributed by atoms with Crippen molar-refractivity contribution in [3.63, 3.8) is 0 Å². The first-order valence-corrected chi connectivity index (χ1v) is 3.74. The lowest BCUT2D eigenvalue weighted by molar-refractivity contribution is 0.455. The molecule has 58 valence electrons.